The molecule has 0 heterocycles. The van der Waals surface area contributed by atoms with Gasteiger partial charge >= 0.3 is 0 Å². The molecule has 1 heteroatoms. The van der Waals surface area contributed by atoms with Gasteiger partial charge in [-0.1, -0.05) is 37.4 Å². The lowest BCUT2D eigenvalue weighted by atomic mass is 10.0. The van der Waals surface area contributed by atoms with Crippen LogP contribution < -0.4 is 10.4 Å². The van der Waals surface area contributed by atoms with Crippen LogP contribution in [-0.4, -0.2) is 0 Å². The van der Waals surface area contributed by atoms with Crippen LogP contribution in [0.2, 0.25) is 0 Å². The summed E-state index contributed by atoms with van der Waals surface area (Å²) in [4.78, 5) is 0. The minimum Gasteiger partial charge on any atom is -0.192 e. The van der Waals surface area contributed by atoms with Crippen molar-refractivity contribution in [3.8, 4) is 6.07 Å². The van der Waals surface area contributed by atoms with Gasteiger partial charge in [-0.2, -0.15) is 5.26 Å². The summed E-state index contributed by atoms with van der Waals surface area (Å²) in [7, 11) is 0. The molecule has 0 N–H and O–H groups in total. The molecule has 1 nitrogen and oxygen atoms in total. The summed E-state index contributed by atoms with van der Waals surface area (Å²) in [6.45, 7) is 7.83. The van der Waals surface area contributed by atoms with Crippen LogP contribution in [-0.2, 0) is 0 Å². The van der Waals surface area contributed by atoms with Gasteiger partial charge in [-0.25, -0.2) is 0 Å². The van der Waals surface area contributed by atoms with Crippen molar-refractivity contribution in [2.45, 2.75) is 0 Å². The molecule has 2 aromatic rings. The summed E-state index contributed by atoms with van der Waals surface area (Å²) in [6.07, 6.45) is 0. The summed E-state index contributed by atoms with van der Waals surface area (Å²) in [5.41, 5.74) is 0.605. The smallest absolute Gasteiger partial charge is 0.0998 e. The Morgan fingerprint density at radius 2 is 1.71 bits per heavy atom. The molecule has 0 aliphatic heterocycles. The standard InChI is InChI=1S/C13H9N/c1-9-7-11(8-14)10(2)13-6-4-3-5-12(9)13/h3-7H,1-2H2. The molecule has 0 aliphatic carbocycles. The van der Waals surface area contributed by atoms with E-state index in [1.807, 2.05) is 24.3 Å². The van der Waals surface area contributed by atoms with Crippen LogP contribution in [0.3, 0.4) is 0 Å². The zero-order valence-corrected chi connectivity index (χ0v) is 7.75. The molecule has 2 aromatic carbocycles. The Kier molecular flexibility index (Phi) is 1.83. The molecule has 66 valence electrons. The van der Waals surface area contributed by atoms with Gasteiger partial charge in [-0.3, -0.25) is 0 Å². The molecular weight excluding hydrogens is 170 g/mol. The molecule has 0 fully saturated rings. The number of hydrogen-bond acceptors (Lipinski definition) is 1. The second-order valence-electron chi connectivity index (χ2n) is 3.22. The number of nitriles is 1. The largest absolute Gasteiger partial charge is 0.192 e. The van der Waals surface area contributed by atoms with E-state index in [0.29, 0.717) is 5.56 Å². The highest BCUT2D eigenvalue weighted by Gasteiger charge is 1.99. The minimum atomic E-state index is 0.605. The maximum Gasteiger partial charge on any atom is 0.0998 e. The fourth-order valence-electron chi connectivity index (χ4n) is 1.61. The quantitative estimate of drug-likeness (QED) is 0.601. The monoisotopic (exact) mass is 179 g/mol. The van der Waals surface area contributed by atoms with Gasteiger partial charge < -0.3 is 0 Å². The lowest BCUT2D eigenvalue weighted by molar-refractivity contribution is 1.47. The van der Waals surface area contributed by atoms with E-state index in [0.717, 1.165) is 21.2 Å². The third-order valence-corrected chi connectivity index (χ3v) is 2.36. The molecule has 0 saturated carbocycles. The Balaban J connectivity index is 3.13. The first kappa shape index (κ1) is 8.52. The lowest BCUT2D eigenvalue weighted by Gasteiger charge is -2.00. The van der Waals surface area contributed by atoms with E-state index in [1.165, 1.54) is 0 Å². The van der Waals surface area contributed by atoms with Crippen LogP contribution in [0.15, 0.2) is 30.3 Å². The third-order valence-electron chi connectivity index (χ3n) is 2.36. The molecule has 0 atom stereocenters. The summed E-state index contributed by atoms with van der Waals surface area (Å²) in [5, 5.41) is 12.6. The topological polar surface area (TPSA) is 23.8 Å². The first-order valence-corrected chi connectivity index (χ1v) is 4.34. The SMILES string of the molecule is C=c1cc(C#N)c(=C)c2ccccc12. The van der Waals surface area contributed by atoms with E-state index in [2.05, 4.69) is 19.2 Å². The number of hydrogen-bond donors (Lipinski definition) is 0. The van der Waals surface area contributed by atoms with E-state index in [-0.39, 0.29) is 0 Å². The van der Waals surface area contributed by atoms with Crippen molar-refractivity contribution < 1.29 is 0 Å². The molecule has 0 bridgehead atoms. The Labute approximate surface area is 82.2 Å². The van der Waals surface area contributed by atoms with Gasteiger partial charge in [0.15, 0.2) is 0 Å². The fourth-order valence-corrected chi connectivity index (χ4v) is 1.61. The van der Waals surface area contributed by atoms with E-state index >= 15 is 0 Å². The van der Waals surface area contributed by atoms with Crippen LogP contribution in [0.4, 0.5) is 0 Å². The molecule has 0 aliphatic rings. The molecular formula is C13H9N. The second-order valence-corrected chi connectivity index (χ2v) is 3.22. The van der Waals surface area contributed by atoms with Crippen molar-refractivity contribution in [2.24, 2.45) is 0 Å². The predicted octanol–water partition coefficient (Wildman–Crippen LogP) is 1.53. The number of rotatable bonds is 0. The first-order chi connectivity index (χ1) is 6.74. The van der Waals surface area contributed by atoms with Gasteiger partial charge in [-0.05, 0) is 27.3 Å². The van der Waals surface area contributed by atoms with Crippen molar-refractivity contribution in [3.05, 3.63) is 46.3 Å². The highest BCUT2D eigenvalue weighted by molar-refractivity contribution is 5.85. The molecule has 0 saturated heterocycles. The molecule has 0 radical (unpaired) electrons. The average molecular weight is 179 g/mol. The van der Waals surface area contributed by atoms with Crippen LogP contribution >= 0.6 is 0 Å². The summed E-state index contributed by atoms with van der Waals surface area (Å²) >= 11 is 0. The van der Waals surface area contributed by atoms with Crippen LogP contribution in [0.5, 0.6) is 0 Å². The van der Waals surface area contributed by atoms with Gasteiger partial charge in [0.2, 0.25) is 0 Å². The Hall–Kier alpha value is -2.07. The molecule has 0 aromatic heterocycles. The van der Waals surface area contributed by atoms with E-state index in [9.17, 15) is 0 Å². The van der Waals surface area contributed by atoms with Crippen LogP contribution in [0.25, 0.3) is 23.9 Å². The van der Waals surface area contributed by atoms with Crippen LogP contribution in [0.1, 0.15) is 5.56 Å². The van der Waals surface area contributed by atoms with Crippen molar-refractivity contribution in [2.75, 3.05) is 0 Å². The van der Waals surface area contributed by atoms with Gasteiger partial charge in [0.25, 0.3) is 0 Å². The van der Waals surface area contributed by atoms with Crippen molar-refractivity contribution >= 4 is 23.9 Å². The number of nitrogens with zero attached hydrogens (tertiary/aromatic N) is 1. The first-order valence-electron chi connectivity index (χ1n) is 4.34. The predicted molar refractivity (Wildman–Crippen MR) is 59.0 cm³/mol. The van der Waals surface area contributed by atoms with Crippen molar-refractivity contribution in [3.63, 3.8) is 0 Å². The van der Waals surface area contributed by atoms with Crippen molar-refractivity contribution in [1.82, 2.24) is 0 Å². The summed E-state index contributed by atoms with van der Waals surface area (Å²) < 4.78 is 0. The average Bonchev–Trinajstić information content (AvgIpc) is 2.23. The van der Waals surface area contributed by atoms with Gasteiger partial charge in [0.05, 0.1) is 11.6 Å². The maximum absolute atomic E-state index is 8.88. The maximum atomic E-state index is 8.88. The molecule has 14 heavy (non-hydrogen) atoms. The van der Waals surface area contributed by atoms with E-state index < -0.39 is 0 Å². The number of benzene rings is 2. The highest BCUT2D eigenvalue weighted by Crippen LogP contribution is 2.04. The molecule has 2 rings (SSSR count). The molecule has 0 spiro atoms. The Bertz CT molecular complexity index is 633. The lowest BCUT2D eigenvalue weighted by Crippen LogP contribution is -2.13. The van der Waals surface area contributed by atoms with E-state index in [1.54, 1.807) is 6.07 Å². The Morgan fingerprint density at radius 1 is 1.07 bits per heavy atom. The molecule has 0 unspecified atom stereocenters. The zero-order chi connectivity index (χ0) is 10.1. The fraction of sp³-hybridized carbons (Fsp3) is 0. The second kappa shape index (κ2) is 3.01. The van der Waals surface area contributed by atoms with Crippen molar-refractivity contribution in [1.29, 1.82) is 5.26 Å². The van der Waals surface area contributed by atoms with Gasteiger partial charge in [0, 0.05) is 0 Å². The summed E-state index contributed by atoms with van der Waals surface area (Å²) in [5.74, 6) is 0. The number of fused-ring (bicyclic) bond motifs is 1. The highest BCUT2D eigenvalue weighted by atomic mass is 14.2. The van der Waals surface area contributed by atoms with E-state index in [4.69, 9.17) is 5.26 Å². The minimum absolute atomic E-state index is 0.605. The van der Waals surface area contributed by atoms with Gasteiger partial charge in [-0.15, -0.1) is 0 Å². The normalized spacial score (nSPS) is 9.93. The Morgan fingerprint density at radius 3 is 2.36 bits per heavy atom. The van der Waals surface area contributed by atoms with Gasteiger partial charge in [0.1, 0.15) is 0 Å². The zero-order valence-electron chi connectivity index (χ0n) is 7.75. The molecule has 0 amide bonds. The summed E-state index contributed by atoms with van der Waals surface area (Å²) in [6, 6.07) is 11.8. The van der Waals surface area contributed by atoms with Crippen LogP contribution in [0, 0.1) is 11.3 Å². The third kappa shape index (κ3) is 1.09.